The van der Waals surface area contributed by atoms with Crippen molar-refractivity contribution in [2.75, 3.05) is 12.3 Å². The van der Waals surface area contributed by atoms with E-state index < -0.39 is 0 Å². The van der Waals surface area contributed by atoms with Crippen LogP contribution in [-0.2, 0) is 6.42 Å². The molecule has 1 aliphatic heterocycles. The Kier molecular flexibility index (Phi) is 2.36. The number of para-hydroxylation sites is 1. The molecule has 0 aliphatic carbocycles. The highest BCUT2D eigenvalue weighted by Gasteiger charge is 2.16. The summed E-state index contributed by atoms with van der Waals surface area (Å²) in [5.41, 5.74) is 8.40. The predicted octanol–water partition coefficient (Wildman–Crippen LogP) is 1.45. The standard InChI is InChI=1S/C12H12N4O/c13-12-15-10(7-14-16-12)9-5-1-3-8-4-2-6-17-11(8)9/h1,3,5,7H,2,4,6H2,(H2,13,15,16). The number of nitrogens with two attached hydrogens (primary N) is 1. The molecule has 0 saturated heterocycles. The molecule has 0 atom stereocenters. The van der Waals surface area contributed by atoms with Crippen molar-refractivity contribution < 1.29 is 4.74 Å². The van der Waals surface area contributed by atoms with Gasteiger partial charge in [0.1, 0.15) is 5.75 Å². The van der Waals surface area contributed by atoms with Gasteiger partial charge in [-0.2, -0.15) is 5.10 Å². The highest BCUT2D eigenvalue weighted by molar-refractivity contribution is 5.69. The summed E-state index contributed by atoms with van der Waals surface area (Å²) in [7, 11) is 0. The van der Waals surface area contributed by atoms with E-state index in [1.54, 1.807) is 6.20 Å². The Balaban J connectivity index is 2.14. The van der Waals surface area contributed by atoms with Gasteiger partial charge in [-0.15, -0.1) is 5.10 Å². The molecule has 1 aromatic heterocycles. The monoisotopic (exact) mass is 228 g/mol. The summed E-state index contributed by atoms with van der Waals surface area (Å²) in [6.45, 7) is 0.748. The maximum atomic E-state index is 5.72. The van der Waals surface area contributed by atoms with Crippen LogP contribution in [0, 0.1) is 0 Å². The number of fused-ring (bicyclic) bond motifs is 1. The number of hydrogen-bond acceptors (Lipinski definition) is 5. The lowest BCUT2D eigenvalue weighted by Gasteiger charge is -2.19. The summed E-state index contributed by atoms with van der Waals surface area (Å²) >= 11 is 0. The average molecular weight is 228 g/mol. The van der Waals surface area contributed by atoms with Crippen LogP contribution in [0.4, 0.5) is 5.95 Å². The minimum atomic E-state index is 0.177. The first-order chi connectivity index (χ1) is 8.34. The second-order valence-electron chi connectivity index (χ2n) is 3.95. The summed E-state index contributed by atoms with van der Waals surface area (Å²) in [6.07, 6.45) is 3.70. The average Bonchev–Trinajstić information content (AvgIpc) is 2.38. The van der Waals surface area contributed by atoms with Crippen molar-refractivity contribution in [1.29, 1.82) is 0 Å². The normalized spacial score (nSPS) is 13.9. The van der Waals surface area contributed by atoms with E-state index in [2.05, 4.69) is 21.2 Å². The zero-order valence-corrected chi connectivity index (χ0v) is 9.26. The molecule has 0 amide bonds. The van der Waals surface area contributed by atoms with Crippen molar-refractivity contribution in [3.05, 3.63) is 30.0 Å². The van der Waals surface area contributed by atoms with Gasteiger partial charge in [0.25, 0.3) is 0 Å². The van der Waals surface area contributed by atoms with Gasteiger partial charge in [-0.3, -0.25) is 0 Å². The van der Waals surface area contributed by atoms with Crippen molar-refractivity contribution in [3.8, 4) is 17.0 Å². The zero-order chi connectivity index (χ0) is 11.7. The number of ether oxygens (including phenoxy) is 1. The zero-order valence-electron chi connectivity index (χ0n) is 9.26. The Hall–Kier alpha value is -2.17. The fraction of sp³-hybridized carbons (Fsp3) is 0.250. The van der Waals surface area contributed by atoms with Gasteiger partial charge in [-0.05, 0) is 24.5 Å². The fourth-order valence-corrected chi connectivity index (χ4v) is 2.04. The van der Waals surface area contributed by atoms with Crippen molar-refractivity contribution in [1.82, 2.24) is 15.2 Å². The molecule has 5 heteroatoms. The number of nitrogen functional groups attached to an aromatic ring is 1. The molecule has 0 bridgehead atoms. The van der Waals surface area contributed by atoms with Crippen LogP contribution in [0.1, 0.15) is 12.0 Å². The van der Waals surface area contributed by atoms with E-state index in [-0.39, 0.29) is 5.95 Å². The first-order valence-corrected chi connectivity index (χ1v) is 5.55. The number of anilines is 1. The van der Waals surface area contributed by atoms with E-state index in [9.17, 15) is 0 Å². The molecule has 0 radical (unpaired) electrons. The topological polar surface area (TPSA) is 73.9 Å². The van der Waals surface area contributed by atoms with Gasteiger partial charge < -0.3 is 10.5 Å². The van der Waals surface area contributed by atoms with Gasteiger partial charge in [-0.1, -0.05) is 12.1 Å². The molecule has 0 unspecified atom stereocenters. The van der Waals surface area contributed by atoms with Crippen molar-refractivity contribution in [2.45, 2.75) is 12.8 Å². The van der Waals surface area contributed by atoms with Crippen LogP contribution in [0.25, 0.3) is 11.3 Å². The third kappa shape index (κ3) is 1.80. The number of rotatable bonds is 1. The Bertz CT molecular complexity index is 556. The van der Waals surface area contributed by atoms with Crippen molar-refractivity contribution >= 4 is 5.95 Å². The van der Waals surface area contributed by atoms with Crippen molar-refractivity contribution in [3.63, 3.8) is 0 Å². The van der Waals surface area contributed by atoms with Gasteiger partial charge in [0, 0.05) is 5.56 Å². The highest BCUT2D eigenvalue weighted by atomic mass is 16.5. The summed E-state index contributed by atoms with van der Waals surface area (Å²) in [6, 6.07) is 6.05. The first kappa shape index (κ1) is 10.0. The molecule has 5 nitrogen and oxygen atoms in total. The highest BCUT2D eigenvalue weighted by Crippen LogP contribution is 2.34. The maximum Gasteiger partial charge on any atom is 0.240 e. The van der Waals surface area contributed by atoms with Crippen LogP contribution < -0.4 is 10.5 Å². The van der Waals surface area contributed by atoms with E-state index >= 15 is 0 Å². The quantitative estimate of drug-likeness (QED) is 0.799. The molecule has 3 rings (SSSR count). The molecule has 2 aromatic rings. The minimum absolute atomic E-state index is 0.177. The van der Waals surface area contributed by atoms with Gasteiger partial charge in [0.05, 0.1) is 18.5 Å². The van der Waals surface area contributed by atoms with Crippen LogP contribution in [0.5, 0.6) is 5.75 Å². The number of nitrogens with zero attached hydrogens (tertiary/aromatic N) is 3. The molecule has 0 fully saturated rings. The lowest BCUT2D eigenvalue weighted by atomic mass is 10.0. The lowest BCUT2D eigenvalue weighted by molar-refractivity contribution is 0.289. The van der Waals surface area contributed by atoms with Crippen LogP contribution in [0.3, 0.4) is 0 Å². The molecule has 2 heterocycles. The van der Waals surface area contributed by atoms with E-state index in [0.717, 1.165) is 30.8 Å². The maximum absolute atomic E-state index is 5.72. The second kappa shape index (κ2) is 4.01. The van der Waals surface area contributed by atoms with E-state index in [1.165, 1.54) is 5.56 Å². The summed E-state index contributed by atoms with van der Waals surface area (Å²) in [5.74, 6) is 1.08. The Morgan fingerprint density at radius 3 is 3.12 bits per heavy atom. The van der Waals surface area contributed by atoms with Gasteiger partial charge in [0.15, 0.2) is 0 Å². The third-order valence-electron chi connectivity index (χ3n) is 2.78. The fourth-order valence-electron chi connectivity index (χ4n) is 2.04. The number of hydrogen-bond donors (Lipinski definition) is 1. The molecule has 0 saturated carbocycles. The second-order valence-corrected chi connectivity index (χ2v) is 3.95. The van der Waals surface area contributed by atoms with E-state index in [1.807, 2.05) is 12.1 Å². The summed E-state index contributed by atoms with van der Waals surface area (Å²) in [4.78, 5) is 4.18. The van der Waals surface area contributed by atoms with E-state index in [4.69, 9.17) is 10.5 Å². The smallest absolute Gasteiger partial charge is 0.240 e. The molecule has 0 spiro atoms. The van der Waals surface area contributed by atoms with Crippen LogP contribution in [-0.4, -0.2) is 21.8 Å². The molecule has 17 heavy (non-hydrogen) atoms. The van der Waals surface area contributed by atoms with Crippen LogP contribution in [0.2, 0.25) is 0 Å². The van der Waals surface area contributed by atoms with Crippen LogP contribution in [0.15, 0.2) is 24.4 Å². The third-order valence-corrected chi connectivity index (χ3v) is 2.78. The molecular weight excluding hydrogens is 216 g/mol. The lowest BCUT2D eigenvalue weighted by Crippen LogP contribution is -2.09. The minimum Gasteiger partial charge on any atom is -0.493 e. The number of aromatic nitrogens is 3. The molecule has 1 aromatic carbocycles. The van der Waals surface area contributed by atoms with Crippen LogP contribution >= 0.6 is 0 Å². The number of benzene rings is 1. The Morgan fingerprint density at radius 2 is 2.24 bits per heavy atom. The molecule has 2 N–H and O–H groups in total. The van der Waals surface area contributed by atoms with Gasteiger partial charge >= 0.3 is 0 Å². The van der Waals surface area contributed by atoms with Gasteiger partial charge in [0.2, 0.25) is 5.95 Å². The SMILES string of the molecule is Nc1nncc(-c2cccc3c2OCCC3)n1. The number of aryl methyl sites for hydroxylation is 1. The Labute approximate surface area is 98.7 Å². The molecular formula is C12H12N4O. The van der Waals surface area contributed by atoms with Gasteiger partial charge in [-0.25, -0.2) is 4.98 Å². The van der Waals surface area contributed by atoms with Crippen molar-refractivity contribution in [2.24, 2.45) is 0 Å². The van der Waals surface area contributed by atoms with E-state index in [0.29, 0.717) is 5.69 Å². The summed E-state index contributed by atoms with van der Waals surface area (Å²) in [5, 5.41) is 7.47. The first-order valence-electron chi connectivity index (χ1n) is 5.55. The molecule has 86 valence electrons. The Morgan fingerprint density at radius 1 is 1.29 bits per heavy atom. The predicted molar refractivity (Wildman–Crippen MR) is 63.5 cm³/mol. The largest absolute Gasteiger partial charge is 0.493 e. The molecule has 1 aliphatic rings. The summed E-state index contributed by atoms with van der Waals surface area (Å²) < 4.78 is 5.72.